The molecule has 96 valence electrons. The minimum absolute atomic E-state index is 0.0904. The van der Waals surface area contributed by atoms with E-state index in [0.29, 0.717) is 18.6 Å². The summed E-state index contributed by atoms with van der Waals surface area (Å²) in [5.41, 5.74) is -0.500. The summed E-state index contributed by atoms with van der Waals surface area (Å²) in [7, 11) is 0. The highest BCUT2D eigenvalue weighted by molar-refractivity contribution is 7.80. The van der Waals surface area contributed by atoms with E-state index in [9.17, 15) is 9.90 Å². The lowest BCUT2D eigenvalue weighted by Crippen LogP contribution is -2.40. The molecule has 4 nitrogen and oxygen atoms in total. The molecule has 2 atom stereocenters. The van der Waals surface area contributed by atoms with Gasteiger partial charge in [-0.15, -0.1) is 0 Å². The van der Waals surface area contributed by atoms with Crippen molar-refractivity contribution in [3.63, 3.8) is 0 Å². The molecule has 0 aliphatic rings. The van der Waals surface area contributed by atoms with Crippen LogP contribution < -0.4 is 5.32 Å². The Hall–Kier alpha value is -0.420. The van der Waals surface area contributed by atoms with Crippen LogP contribution in [0.1, 0.15) is 40.5 Å². The topological polar surface area (TPSA) is 58.6 Å². The summed E-state index contributed by atoms with van der Waals surface area (Å²) in [6, 6.07) is -0.0904. The summed E-state index contributed by atoms with van der Waals surface area (Å²) in [6.07, 6.45) is 0.340. The number of carbonyl (C=O) groups is 1. The smallest absolute Gasteiger partial charge is 0.407 e. The number of aliphatic hydroxyl groups is 1. The van der Waals surface area contributed by atoms with Crippen molar-refractivity contribution in [1.82, 2.24) is 5.32 Å². The highest BCUT2D eigenvalue weighted by atomic mass is 32.1. The van der Waals surface area contributed by atoms with Crippen molar-refractivity contribution in [3.05, 3.63) is 0 Å². The molecule has 1 amide bonds. The summed E-state index contributed by atoms with van der Waals surface area (Å²) >= 11 is 4.12. The van der Waals surface area contributed by atoms with Gasteiger partial charge in [-0.25, -0.2) is 4.79 Å². The summed E-state index contributed by atoms with van der Waals surface area (Å²) in [5, 5.41) is 12.0. The summed E-state index contributed by atoms with van der Waals surface area (Å²) in [6.45, 7) is 7.14. The van der Waals surface area contributed by atoms with Crippen molar-refractivity contribution >= 4 is 18.7 Å². The third-order valence-electron chi connectivity index (χ3n) is 1.82. The number of thiol groups is 1. The van der Waals surface area contributed by atoms with E-state index < -0.39 is 17.8 Å². The predicted molar refractivity (Wildman–Crippen MR) is 67.9 cm³/mol. The molecule has 5 heteroatoms. The molecule has 0 aromatic heterocycles. The van der Waals surface area contributed by atoms with E-state index in [0.717, 1.165) is 0 Å². The number of hydrogen-bond acceptors (Lipinski definition) is 4. The Labute approximate surface area is 103 Å². The maximum Gasteiger partial charge on any atom is 0.407 e. The Morgan fingerprint density at radius 2 is 2.06 bits per heavy atom. The molecule has 0 radical (unpaired) electrons. The van der Waals surface area contributed by atoms with Crippen molar-refractivity contribution in [3.8, 4) is 0 Å². The van der Waals surface area contributed by atoms with E-state index in [-0.39, 0.29) is 6.04 Å². The van der Waals surface area contributed by atoms with Crippen LogP contribution in [0.5, 0.6) is 0 Å². The van der Waals surface area contributed by atoms with Crippen LogP contribution in [0.2, 0.25) is 0 Å². The van der Waals surface area contributed by atoms with Crippen LogP contribution in [0.3, 0.4) is 0 Å². The van der Waals surface area contributed by atoms with Crippen LogP contribution >= 0.6 is 12.6 Å². The van der Waals surface area contributed by atoms with Gasteiger partial charge in [-0.1, -0.05) is 0 Å². The molecule has 0 heterocycles. The molecule has 0 rings (SSSR count). The van der Waals surface area contributed by atoms with Crippen molar-refractivity contribution in [2.45, 2.75) is 58.3 Å². The second kappa shape index (κ2) is 7.01. The Bertz CT molecular complexity index is 214. The Morgan fingerprint density at radius 3 is 2.44 bits per heavy atom. The quantitative estimate of drug-likeness (QED) is 0.653. The molecule has 1 unspecified atom stereocenters. The SMILES string of the molecule is C[C@@H](O)CC(CCS)NC(=O)OC(C)(C)C. The average molecular weight is 249 g/mol. The first-order valence-electron chi connectivity index (χ1n) is 5.53. The van der Waals surface area contributed by atoms with Gasteiger partial charge in [0.25, 0.3) is 0 Å². The van der Waals surface area contributed by atoms with Gasteiger partial charge in [0.1, 0.15) is 5.60 Å². The first-order chi connectivity index (χ1) is 7.24. The molecule has 0 aliphatic carbocycles. The highest BCUT2D eigenvalue weighted by Gasteiger charge is 2.19. The van der Waals surface area contributed by atoms with Crippen LogP contribution in [0.4, 0.5) is 4.79 Å². The van der Waals surface area contributed by atoms with Crippen molar-refractivity contribution in [2.24, 2.45) is 0 Å². The maximum absolute atomic E-state index is 11.5. The Kier molecular flexibility index (Phi) is 6.83. The zero-order chi connectivity index (χ0) is 12.8. The normalized spacial score (nSPS) is 15.4. The van der Waals surface area contributed by atoms with Gasteiger partial charge in [-0.3, -0.25) is 0 Å². The molecule has 2 N–H and O–H groups in total. The Morgan fingerprint density at radius 1 is 1.50 bits per heavy atom. The third kappa shape index (κ3) is 8.85. The summed E-state index contributed by atoms with van der Waals surface area (Å²) in [5.74, 6) is 0.660. The molecule has 0 aromatic rings. The van der Waals surface area contributed by atoms with E-state index >= 15 is 0 Å². The van der Waals surface area contributed by atoms with Gasteiger partial charge >= 0.3 is 6.09 Å². The molecule has 16 heavy (non-hydrogen) atoms. The fourth-order valence-electron chi connectivity index (χ4n) is 1.29. The molecule has 0 aliphatic heterocycles. The summed E-state index contributed by atoms with van der Waals surface area (Å²) < 4.78 is 5.14. The van der Waals surface area contributed by atoms with E-state index in [2.05, 4.69) is 17.9 Å². The highest BCUT2D eigenvalue weighted by Crippen LogP contribution is 2.09. The van der Waals surface area contributed by atoms with Crippen LogP contribution in [-0.4, -0.2) is 34.7 Å². The number of amides is 1. The molecule has 0 spiro atoms. The van der Waals surface area contributed by atoms with Gasteiger partial charge in [0.15, 0.2) is 0 Å². The van der Waals surface area contributed by atoms with Gasteiger partial charge in [-0.2, -0.15) is 12.6 Å². The minimum atomic E-state index is -0.500. The number of aliphatic hydroxyl groups excluding tert-OH is 1. The molecular weight excluding hydrogens is 226 g/mol. The third-order valence-corrected chi connectivity index (χ3v) is 2.08. The van der Waals surface area contributed by atoms with Crippen molar-refractivity contribution in [2.75, 3.05) is 5.75 Å². The van der Waals surface area contributed by atoms with Gasteiger partial charge in [0.2, 0.25) is 0 Å². The second-order valence-corrected chi connectivity index (χ2v) is 5.39. The molecular formula is C11H23NO3S. The van der Waals surface area contributed by atoms with Crippen LogP contribution in [0.15, 0.2) is 0 Å². The number of alkyl carbamates (subject to hydrolysis) is 1. The van der Waals surface area contributed by atoms with Gasteiger partial charge < -0.3 is 15.2 Å². The lowest BCUT2D eigenvalue weighted by atomic mass is 10.1. The fourth-order valence-corrected chi connectivity index (χ4v) is 1.60. The average Bonchev–Trinajstić information content (AvgIpc) is 1.98. The van der Waals surface area contributed by atoms with Gasteiger partial charge in [0, 0.05) is 6.04 Å². The lowest BCUT2D eigenvalue weighted by molar-refractivity contribution is 0.0486. The van der Waals surface area contributed by atoms with Crippen molar-refractivity contribution in [1.29, 1.82) is 0 Å². The van der Waals surface area contributed by atoms with Gasteiger partial charge in [0.05, 0.1) is 6.10 Å². The largest absolute Gasteiger partial charge is 0.444 e. The molecule has 0 bridgehead atoms. The van der Waals surface area contributed by atoms with E-state index in [1.807, 2.05) is 20.8 Å². The predicted octanol–water partition coefficient (Wildman–Crippen LogP) is 1.97. The van der Waals surface area contributed by atoms with E-state index in [1.165, 1.54) is 0 Å². The number of hydrogen-bond donors (Lipinski definition) is 3. The lowest BCUT2D eigenvalue weighted by Gasteiger charge is -2.24. The maximum atomic E-state index is 11.5. The number of ether oxygens (including phenoxy) is 1. The summed E-state index contributed by atoms with van der Waals surface area (Å²) in [4.78, 5) is 11.5. The zero-order valence-corrected chi connectivity index (χ0v) is 11.4. The first-order valence-corrected chi connectivity index (χ1v) is 6.16. The van der Waals surface area contributed by atoms with Gasteiger partial charge in [-0.05, 0) is 46.3 Å². The molecule has 0 aromatic carbocycles. The van der Waals surface area contributed by atoms with Crippen LogP contribution in [0, 0.1) is 0 Å². The Balaban J connectivity index is 4.12. The van der Waals surface area contributed by atoms with E-state index in [4.69, 9.17) is 4.74 Å². The first kappa shape index (κ1) is 15.6. The molecule has 0 fully saturated rings. The second-order valence-electron chi connectivity index (χ2n) is 4.94. The van der Waals surface area contributed by atoms with Crippen LogP contribution in [0.25, 0.3) is 0 Å². The number of nitrogens with one attached hydrogen (secondary N) is 1. The monoisotopic (exact) mass is 249 g/mol. The molecule has 0 saturated heterocycles. The number of rotatable bonds is 5. The fraction of sp³-hybridized carbons (Fsp3) is 0.909. The van der Waals surface area contributed by atoms with Crippen molar-refractivity contribution < 1.29 is 14.6 Å². The molecule has 0 saturated carbocycles. The zero-order valence-electron chi connectivity index (χ0n) is 10.5. The van der Waals surface area contributed by atoms with E-state index in [1.54, 1.807) is 6.92 Å². The number of carbonyl (C=O) groups excluding carboxylic acids is 1. The van der Waals surface area contributed by atoms with Crippen LogP contribution in [-0.2, 0) is 4.74 Å². The standard InChI is InChI=1S/C11H23NO3S/c1-8(13)7-9(5-6-16)12-10(14)15-11(2,3)4/h8-9,13,16H,5-7H2,1-4H3,(H,12,14)/t8-,9?/m1/s1. The minimum Gasteiger partial charge on any atom is -0.444 e.